The molecule has 3 amide bonds. The number of halogens is 3. The second-order valence-electron chi connectivity index (χ2n) is 7.96. The average molecular weight is 455 g/mol. The van der Waals surface area contributed by atoms with Crippen molar-refractivity contribution in [3.63, 3.8) is 0 Å². The lowest BCUT2D eigenvalue weighted by Gasteiger charge is -2.35. The second kappa shape index (κ2) is 7.80. The van der Waals surface area contributed by atoms with Gasteiger partial charge in [-0.25, -0.2) is 9.69 Å². The number of amides is 3. The molecule has 2 aromatic carbocycles. The van der Waals surface area contributed by atoms with E-state index in [2.05, 4.69) is 10.2 Å². The van der Waals surface area contributed by atoms with E-state index < -0.39 is 11.6 Å². The molecular weight excluding hydrogens is 433 g/mol. The van der Waals surface area contributed by atoms with Crippen molar-refractivity contribution >= 4 is 53.2 Å². The third-order valence-electron chi connectivity index (χ3n) is 5.41. The van der Waals surface area contributed by atoms with Gasteiger partial charge in [0.1, 0.15) is 5.54 Å². The fourth-order valence-electron chi connectivity index (χ4n) is 4.06. The number of nitrogens with one attached hydrogen (secondary N) is 1. The fourth-order valence-corrected chi connectivity index (χ4v) is 4.63. The van der Waals surface area contributed by atoms with Crippen LogP contribution in [-0.4, -0.2) is 36.0 Å². The third-order valence-corrected chi connectivity index (χ3v) is 5.96. The number of hydrogen-bond acceptors (Lipinski definition) is 3. The van der Waals surface area contributed by atoms with Gasteiger partial charge in [-0.1, -0.05) is 41.4 Å². The van der Waals surface area contributed by atoms with Gasteiger partial charge in [-0.2, -0.15) is 0 Å². The summed E-state index contributed by atoms with van der Waals surface area (Å²) in [6.07, 6.45) is 0. The number of anilines is 1. The highest BCUT2D eigenvalue weighted by atomic mass is 35.5. The minimum atomic E-state index is -0.932. The number of likely N-dealkylation sites (N-methyl/N-ethyl adjacent to an activating group) is 1. The lowest BCUT2D eigenvalue weighted by Crippen LogP contribution is -2.40. The van der Waals surface area contributed by atoms with E-state index in [1.54, 1.807) is 19.9 Å². The zero-order valence-electron chi connectivity index (χ0n) is 16.3. The smallest absolute Gasteiger partial charge is 0.323 e. The molecule has 0 aromatic heterocycles. The van der Waals surface area contributed by atoms with Crippen molar-refractivity contribution in [2.24, 2.45) is 0 Å². The minimum Gasteiger partial charge on any atom is -0.323 e. The summed E-state index contributed by atoms with van der Waals surface area (Å²) in [7, 11) is 2.03. The van der Waals surface area contributed by atoms with Crippen molar-refractivity contribution in [3.8, 4) is 0 Å². The number of carbonyl (C=O) groups is 2. The highest BCUT2D eigenvalue weighted by Crippen LogP contribution is 2.42. The lowest BCUT2D eigenvalue weighted by atomic mass is 9.83. The standard InChI is InChI=1S/C21H21Cl2N3O2.ClH/c1-21(2)19(27)26(20(28)24-21)18-7-5-4-6-13(18)15-10-25(3)11-16-14(15)8-12(22)9-17(16)23;/h4-9,15H,10-11H2,1-3H3,(H,24,28);1H/t15-;/m0./s1. The van der Waals surface area contributed by atoms with E-state index in [4.69, 9.17) is 23.2 Å². The summed E-state index contributed by atoms with van der Waals surface area (Å²) in [5.41, 5.74) is 2.62. The van der Waals surface area contributed by atoms with E-state index in [0.717, 1.165) is 29.8 Å². The Bertz CT molecular complexity index is 993. The lowest BCUT2D eigenvalue weighted by molar-refractivity contribution is -0.121. The molecular formula is C21H22Cl3N3O2. The van der Waals surface area contributed by atoms with Gasteiger partial charge in [0.2, 0.25) is 0 Å². The van der Waals surface area contributed by atoms with Crippen molar-refractivity contribution in [3.05, 3.63) is 63.1 Å². The van der Waals surface area contributed by atoms with Crippen LogP contribution in [-0.2, 0) is 11.3 Å². The molecule has 1 fully saturated rings. The summed E-state index contributed by atoms with van der Waals surface area (Å²) in [5.74, 6) is -0.330. The Labute approximate surface area is 186 Å². The Morgan fingerprint density at radius 3 is 2.45 bits per heavy atom. The first-order valence-corrected chi connectivity index (χ1v) is 9.86. The Morgan fingerprint density at radius 2 is 1.79 bits per heavy atom. The number of nitrogens with zero attached hydrogens (tertiary/aromatic N) is 2. The predicted octanol–water partition coefficient (Wildman–Crippen LogP) is 4.83. The molecule has 0 aliphatic carbocycles. The number of fused-ring (bicyclic) bond motifs is 1. The SMILES string of the molecule is CN1Cc2c(Cl)cc(Cl)cc2[C@H](c2ccccc2N2C(=O)NC(C)(C)C2=O)C1.Cl. The van der Waals surface area contributed by atoms with Crippen molar-refractivity contribution in [2.45, 2.75) is 31.8 Å². The molecule has 0 bridgehead atoms. The summed E-state index contributed by atoms with van der Waals surface area (Å²) >= 11 is 12.8. The van der Waals surface area contributed by atoms with E-state index in [9.17, 15) is 9.59 Å². The van der Waals surface area contributed by atoms with E-state index in [0.29, 0.717) is 15.7 Å². The largest absolute Gasteiger partial charge is 0.329 e. The van der Waals surface area contributed by atoms with Crippen LogP contribution in [0, 0.1) is 0 Å². The van der Waals surface area contributed by atoms with Crippen molar-refractivity contribution in [1.29, 1.82) is 0 Å². The highest BCUT2D eigenvalue weighted by molar-refractivity contribution is 6.35. The normalized spacial score (nSPS) is 20.9. The van der Waals surface area contributed by atoms with Gasteiger partial charge in [-0.15, -0.1) is 12.4 Å². The molecule has 2 heterocycles. The Kier molecular flexibility index (Phi) is 5.89. The molecule has 5 nitrogen and oxygen atoms in total. The van der Waals surface area contributed by atoms with Crippen LogP contribution < -0.4 is 10.2 Å². The van der Waals surface area contributed by atoms with E-state index in [1.165, 1.54) is 4.90 Å². The predicted molar refractivity (Wildman–Crippen MR) is 118 cm³/mol. The minimum absolute atomic E-state index is 0. The van der Waals surface area contributed by atoms with Crippen LogP contribution in [0.4, 0.5) is 10.5 Å². The van der Waals surface area contributed by atoms with Crippen molar-refractivity contribution < 1.29 is 9.59 Å². The Morgan fingerprint density at radius 1 is 1.10 bits per heavy atom. The molecule has 154 valence electrons. The second-order valence-corrected chi connectivity index (χ2v) is 8.80. The first-order valence-electron chi connectivity index (χ1n) is 9.11. The van der Waals surface area contributed by atoms with Gasteiger partial charge in [0, 0.05) is 29.1 Å². The monoisotopic (exact) mass is 453 g/mol. The first kappa shape index (κ1) is 21.9. The van der Waals surface area contributed by atoms with Crippen LogP contribution in [0.5, 0.6) is 0 Å². The Hall–Kier alpha value is -1.79. The van der Waals surface area contributed by atoms with Crippen LogP contribution >= 0.6 is 35.6 Å². The number of urea groups is 1. The molecule has 0 spiro atoms. The maximum absolute atomic E-state index is 12.9. The summed E-state index contributed by atoms with van der Waals surface area (Å²) in [4.78, 5) is 28.9. The van der Waals surface area contributed by atoms with Crippen LogP contribution in [0.1, 0.15) is 36.5 Å². The van der Waals surface area contributed by atoms with Gasteiger partial charge < -0.3 is 10.2 Å². The highest BCUT2D eigenvalue weighted by Gasteiger charge is 2.46. The number of para-hydroxylation sites is 1. The summed E-state index contributed by atoms with van der Waals surface area (Å²) < 4.78 is 0. The van der Waals surface area contributed by atoms with Crippen LogP contribution in [0.2, 0.25) is 10.0 Å². The summed E-state index contributed by atoms with van der Waals surface area (Å²) in [6.45, 7) is 4.87. The zero-order chi connectivity index (χ0) is 20.2. The number of imide groups is 1. The van der Waals surface area contributed by atoms with Crippen LogP contribution in [0.15, 0.2) is 36.4 Å². The van der Waals surface area contributed by atoms with E-state index >= 15 is 0 Å². The molecule has 4 rings (SSSR count). The van der Waals surface area contributed by atoms with Crippen LogP contribution in [0.3, 0.4) is 0 Å². The number of benzene rings is 2. The van der Waals surface area contributed by atoms with E-state index in [1.807, 2.05) is 37.4 Å². The molecule has 1 atom stereocenters. The quantitative estimate of drug-likeness (QED) is 0.661. The number of carbonyl (C=O) groups excluding carboxylic acids is 2. The molecule has 29 heavy (non-hydrogen) atoms. The molecule has 2 aliphatic rings. The van der Waals surface area contributed by atoms with Crippen molar-refractivity contribution in [2.75, 3.05) is 18.5 Å². The van der Waals surface area contributed by atoms with Crippen molar-refractivity contribution in [1.82, 2.24) is 10.2 Å². The maximum atomic E-state index is 12.9. The number of hydrogen-bond donors (Lipinski definition) is 1. The molecule has 1 saturated heterocycles. The van der Waals surface area contributed by atoms with Crippen LogP contribution in [0.25, 0.3) is 0 Å². The average Bonchev–Trinajstić information content (AvgIpc) is 2.82. The number of rotatable bonds is 2. The topological polar surface area (TPSA) is 52.6 Å². The summed E-state index contributed by atoms with van der Waals surface area (Å²) in [5, 5.41) is 3.96. The molecule has 0 radical (unpaired) electrons. The maximum Gasteiger partial charge on any atom is 0.329 e. The van der Waals surface area contributed by atoms with Gasteiger partial charge in [0.25, 0.3) is 5.91 Å². The molecule has 1 N–H and O–H groups in total. The Balaban J connectivity index is 0.00000240. The van der Waals surface area contributed by atoms with Gasteiger partial charge in [-0.05, 0) is 55.8 Å². The molecule has 0 unspecified atom stereocenters. The van der Waals surface area contributed by atoms with Gasteiger partial charge in [0.15, 0.2) is 0 Å². The van der Waals surface area contributed by atoms with Gasteiger partial charge >= 0.3 is 6.03 Å². The van der Waals surface area contributed by atoms with Gasteiger partial charge in [-0.3, -0.25) is 4.79 Å². The molecule has 2 aliphatic heterocycles. The molecule has 2 aromatic rings. The zero-order valence-corrected chi connectivity index (χ0v) is 18.7. The van der Waals surface area contributed by atoms with E-state index in [-0.39, 0.29) is 24.2 Å². The molecule has 8 heteroatoms. The third kappa shape index (κ3) is 3.73. The van der Waals surface area contributed by atoms with Gasteiger partial charge in [0.05, 0.1) is 5.69 Å². The fraction of sp³-hybridized carbons (Fsp3) is 0.333. The summed E-state index contributed by atoms with van der Waals surface area (Å²) in [6, 6.07) is 10.8. The molecule has 0 saturated carbocycles. The first-order chi connectivity index (χ1) is 13.2.